The van der Waals surface area contributed by atoms with Crippen LogP contribution in [0.1, 0.15) is 101 Å². The van der Waals surface area contributed by atoms with Gasteiger partial charge >= 0.3 is 12.2 Å². The van der Waals surface area contributed by atoms with Gasteiger partial charge in [-0.05, 0) is 130 Å². The van der Waals surface area contributed by atoms with Gasteiger partial charge in [-0.2, -0.15) is 0 Å². The lowest BCUT2D eigenvalue weighted by Crippen LogP contribution is -2.50. The number of aryl methyl sites for hydroxylation is 2. The number of alkyl carbamates (subject to hydrolysis) is 2. The second-order valence-corrected chi connectivity index (χ2v) is 17.0. The minimum Gasteiger partial charge on any atom is -0.493 e. The van der Waals surface area contributed by atoms with Crippen molar-refractivity contribution in [2.45, 2.75) is 106 Å². The molecular weight excluding hydrogens is 809 g/mol. The van der Waals surface area contributed by atoms with E-state index < -0.39 is 41.5 Å². The first-order valence-electron chi connectivity index (χ1n) is 21.2. The normalized spacial score (nSPS) is 15.1. The number of carbonyl (C=O) groups is 6. The number of benzene rings is 3. The summed E-state index contributed by atoms with van der Waals surface area (Å²) < 4.78 is 22.5. The van der Waals surface area contributed by atoms with Gasteiger partial charge in [0.15, 0.2) is 0 Å². The molecule has 1 aliphatic heterocycles. The van der Waals surface area contributed by atoms with Crippen LogP contribution in [0.25, 0.3) is 11.1 Å². The molecule has 1 aliphatic rings. The smallest absolute Gasteiger partial charge is 0.407 e. The quantitative estimate of drug-likeness (QED) is 0.144. The number of hydrogen-bond donors (Lipinski definition) is 5. The minimum absolute atomic E-state index is 0.0985. The fourth-order valence-corrected chi connectivity index (χ4v) is 6.35. The van der Waals surface area contributed by atoms with E-state index in [2.05, 4.69) is 26.6 Å². The number of ether oxygens (including phenoxy) is 4. The third-order valence-corrected chi connectivity index (χ3v) is 9.22. The number of likely N-dealkylation sites (N-methyl/N-ethyl adjacent to an activating group) is 1. The number of carbonyl (C=O) groups excluding carboxylic acids is 6. The van der Waals surface area contributed by atoms with Gasteiger partial charge < -0.3 is 50.4 Å². The highest BCUT2D eigenvalue weighted by Crippen LogP contribution is 2.40. The van der Waals surface area contributed by atoms with Gasteiger partial charge in [-0.3, -0.25) is 19.2 Å². The van der Waals surface area contributed by atoms with Crippen LogP contribution in [0.3, 0.4) is 0 Å². The van der Waals surface area contributed by atoms with Crippen molar-refractivity contribution in [2.24, 2.45) is 0 Å². The second kappa shape index (κ2) is 23.2. The van der Waals surface area contributed by atoms with Gasteiger partial charge in [-0.1, -0.05) is 29.8 Å². The van der Waals surface area contributed by atoms with Crippen LogP contribution in [0.15, 0.2) is 54.6 Å². The Bertz CT molecular complexity index is 2090. The molecule has 3 aromatic rings. The third kappa shape index (κ3) is 16.5. The summed E-state index contributed by atoms with van der Waals surface area (Å²) in [6.45, 7) is 21.1. The number of hydrogen-bond acceptors (Lipinski definition) is 10. The first-order chi connectivity index (χ1) is 29.5. The van der Waals surface area contributed by atoms with E-state index in [9.17, 15) is 28.8 Å². The second-order valence-electron chi connectivity index (χ2n) is 17.0. The molecule has 16 heteroatoms. The lowest BCUT2D eigenvalue weighted by atomic mass is 9.94. The van der Waals surface area contributed by atoms with Crippen molar-refractivity contribution in [3.63, 3.8) is 0 Å². The molecule has 2 atom stereocenters. The molecule has 0 saturated carbocycles. The van der Waals surface area contributed by atoms with Crippen molar-refractivity contribution in [1.82, 2.24) is 31.5 Å². The van der Waals surface area contributed by atoms with E-state index >= 15 is 0 Å². The minimum atomic E-state index is -1.21. The molecule has 1 unspecified atom stereocenters. The number of rotatable bonds is 11. The highest BCUT2D eigenvalue weighted by atomic mass is 16.6. The van der Waals surface area contributed by atoms with Crippen molar-refractivity contribution in [3.8, 4) is 22.6 Å². The maximum atomic E-state index is 14.1. The van der Waals surface area contributed by atoms with E-state index in [-0.39, 0.29) is 37.3 Å². The summed E-state index contributed by atoms with van der Waals surface area (Å²) in [4.78, 5) is 78.0. The topological polar surface area (TPSA) is 203 Å². The summed E-state index contributed by atoms with van der Waals surface area (Å²) >= 11 is 0. The standard InChI is InChI=1S/C40H51N5O8.C7H15NO2/c1-9-51-32-14-11-27-16-17-41-36(47)26(4)44-38(49)35(45(8)34(46)23-43-37(48)29-13-10-24(2)20-25(29)3)28-12-15-33(31(22-28)30(32)21-27)52-19-18-42-39(50)53-40(5,6)7;1-5-8-6(9)10-7(2,3)4/h10-15,20-22,26,35H,9,16-19,23H2,1-8H3,(H,41,47)(H,42,50)(H,43,48)(H,44,49);5H2,1-4H3,(H,8,9)/t26-,35?;/m0./s1. The van der Waals surface area contributed by atoms with Crippen molar-refractivity contribution in [3.05, 3.63) is 82.4 Å². The highest BCUT2D eigenvalue weighted by molar-refractivity contribution is 5.98. The number of amides is 6. The Morgan fingerprint density at radius 1 is 0.778 bits per heavy atom. The Morgan fingerprint density at radius 3 is 2.02 bits per heavy atom. The first kappa shape index (κ1) is 51.0. The molecule has 5 N–H and O–H groups in total. The van der Waals surface area contributed by atoms with Gasteiger partial charge in [0.05, 0.1) is 19.7 Å². The van der Waals surface area contributed by atoms with Crippen LogP contribution in [0.5, 0.6) is 11.5 Å². The Labute approximate surface area is 371 Å². The lowest BCUT2D eigenvalue weighted by molar-refractivity contribution is -0.139. The third-order valence-electron chi connectivity index (χ3n) is 9.22. The number of nitrogens with one attached hydrogen (secondary N) is 5. The fraction of sp³-hybridized carbons (Fsp3) is 0.489. The molecule has 4 bridgehead atoms. The molecule has 344 valence electrons. The monoisotopic (exact) mass is 874 g/mol. The molecule has 16 nitrogen and oxygen atoms in total. The van der Waals surface area contributed by atoms with Gasteiger partial charge in [0, 0.05) is 36.8 Å². The molecule has 4 rings (SSSR count). The SMILES string of the molecule is CCNC(=O)OC(C)(C)C.CCOc1ccc2cc1-c1cc(ccc1OCCNC(=O)OC(C)(C)C)C(N(C)C(=O)CNC(=O)c1ccc(C)cc1C)C(=O)N[C@@H](C)C(=O)NCC2. The van der Waals surface area contributed by atoms with Crippen LogP contribution in [-0.2, 0) is 30.3 Å². The van der Waals surface area contributed by atoms with Gasteiger partial charge in [-0.25, -0.2) is 9.59 Å². The summed E-state index contributed by atoms with van der Waals surface area (Å²) in [5.41, 5.74) is 3.77. The van der Waals surface area contributed by atoms with Gasteiger partial charge in [0.1, 0.15) is 41.4 Å². The predicted octanol–water partition coefficient (Wildman–Crippen LogP) is 5.91. The molecule has 0 aromatic heterocycles. The van der Waals surface area contributed by atoms with Crippen LogP contribution in [0.2, 0.25) is 0 Å². The van der Waals surface area contributed by atoms with Gasteiger partial charge in [0.2, 0.25) is 17.7 Å². The summed E-state index contributed by atoms with van der Waals surface area (Å²) in [5, 5.41) is 13.5. The maximum absolute atomic E-state index is 14.1. The Morgan fingerprint density at radius 2 is 1.40 bits per heavy atom. The zero-order chi connectivity index (χ0) is 47.1. The fourth-order valence-electron chi connectivity index (χ4n) is 6.35. The molecule has 1 heterocycles. The van der Waals surface area contributed by atoms with Crippen LogP contribution >= 0.6 is 0 Å². The molecule has 3 aromatic carbocycles. The maximum Gasteiger partial charge on any atom is 0.407 e. The Balaban J connectivity index is 0.000000938. The highest BCUT2D eigenvalue weighted by Gasteiger charge is 2.32. The summed E-state index contributed by atoms with van der Waals surface area (Å²) in [5.74, 6) is -0.914. The first-order valence-corrected chi connectivity index (χ1v) is 21.2. The summed E-state index contributed by atoms with van der Waals surface area (Å²) in [6.07, 6.45) is -0.414. The van der Waals surface area contributed by atoms with E-state index in [4.69, 9.17) is 18.9 Å². The Hall–Kier alpha value is -6.32. The van der Waals surface area contributed by atoms with Crippen molar-refractivity contribution >= 4 is 35.8 Å². The number of fused-ring (bicyclic) bond motifs is 5. The van der Waals surface area contributed by atoms with E-state index in [0.29, 0.717) is 59.9 Å². The number of nitrogens with zero attached hydrogens (tertiary/aromatic N) is 1. The van der Waals surface area contributed by atoms with E-state index in [1.165, 1.54) is 11.9 Å². The van der Waals surface area contributed by atoms with Crippen molar-refractivity contribution in [1.29, 1.82) is 0 Å². The zero-order valence-corrected chi connectivity index (χ0v) is 38.8. The van der Waals surface area contributed by atoms with Crippen LogP contribution in [0.4, 0.5) is 9.59 Å². The van der Waals surface area contributed by atoms with Gasteiger partial charge in [-0.15, -0.1) is 0 Å². The molecule has 0 radical (unpaired) electrons. The molecule has 0 aliphatic carbocycles. The predicted molar refractivity (Wildman–Crippen MR) is 241 cm³/mol. The lowest BCUT2D eigenvalue weighted by Gasteiger charge is -2.30. The molecular formula is C47H66N6O10. The van der Waals surface area contributed by atoms with Crippen molar-refractivity contribution < 1.29 is 47.7 Å². The van der Waals surface area contributed by atoms with Gasteiger partial charge in [0.25, 0.3) is 5.91 Å². The largest absolute Gasteiger partial charge is 0.493 e. The summed E-state index contributed by atoms with van der Waals surface area (Å²) in [7, 11) is 1.47. The average molecular weight is 875 g/mol. The van der Waals surface area contributed by atoms with E-state index in [0.717, 1.165) is 16.7 Å². The zero-order valence-electron chi connectivity index (χ0n) is 38.8. The van der Waals surface area contributed by atoms with E-state index in [1.54, 1.807) is 52.0 Å². The molecule has 6 amide bonds. The van der Waals surface area contributed by atoms with Crippen LogP contribution in [0, 0.1) is 13.8 Å². The van der Waals surface area contributed by atoms with Crippen LogP contribution < -0.4 is 36.1 Å². The van der Waals surface area contributed by atoms with Crippen molar-refractivity contribution in [2.75, 3.05) is 46.4 Å². The average Bonchev–Trinajstić information content (AvgIpc) is 3.18. The molecule has 0 saturated heterocycles. The van der Waals surface area contributed by atoms with Crippen LogP contribution in [-0.4, -0.2) is 104 Å². The molecule has 63 heavy (non-hydrogen) atoms. The molecule has 0 fully saturated rings. The van der Waals surface area contributed by atoms with E-state index in [1.807, 2.05) is 78.8 Å². The Kier molecular flexibility index (Phi) is 18.8. The summed E-state index contributed by atoms with van der Waals surface area (Å²) in [6, 6.07) is 14.1. The molecule has 0 spiro atoms.